The van der Waals surface area contributed by atoms with Gasteiger partial charge in [-0.25, -0.2) is 4.39 Å². The molecule has 2 aromatic rings. The zero-order chi connectivity index (χ0) is 12.7. The van der Waals surface area contributed by atoms with Crippen molar-refractivity contribution in [2.45, 2.75) is 6.92 Å². The lowest BCUT2D eigenvalue weighted by Gasteiger charge is -2.10. The van der Waals surface area contributed by atoms with E-state index in [0.717, 1.165) is 0 Å². The molecule has 2 rings (SSSR count). The zero-order valence-corrected chi connectivity index (χ0v) is 10.9. The number of halogens is 2. The Morgan fingerprint density at radius 3 is 2.71 bits per heavy atom. The number of nitrogen functional groups attached to an aromatic ring is 1. The topological polar surface area (TPSA) is 64.1 Å². The molecule has 0 saturated carbocycles. The average Bonchev–Trinajstić information content (AvgIpc) is 2.59. The predicted octanol–water partition coefficient (Wildman–Crippen LogP) is 2.58. The third-order valence-electron chi connectivity index (χ3n) is 2.70. The molecule has 0 radical (unpaired) electrons. The monoisotopic (exact) mass is 299 g/mol. The third-order valence-corrected chi connectivity index (χ3v) is 3.53. The van der Waals surface area contributed by atoms with Crippen LogP contribution < -0.4 is 5.73 Å². The molecule has 17 heavy (non-hydrogen) atoms. The Bertz CT molecular complexity index is 569. The molecule has 1 heterocycles. The van der Waals surface area contributed by atoms with Gasteiger partial charge in [-0.3, -0.25) is 4.68 Å². The number of aromatic hydroxyl groups is 1. The number of nitrogens with two attached hydrogens (primary N) is 1. The van der Waals surface area contributed by atoms with Crippen molar-refractivity contribution in [3.05, 3.63) is 28.1 Å². The van der Waals surface area contributed by atoms with Gasteiger partial charge >= 0.3 is 0 Å². The minimum atomic E-state index is -0.694. The molecule has 0 aliphatic rings. The number of rotatable bonds is 1. The summed E-state index contributed by atoms with van der Waals surface area (Å²) in [7, 11) is 1.68. The lowest BCUT2D eigenvalue weighted by molar-refractivity contribution is 0.433. The molecule has 1 aromatic heterocycles. The molecule has 0 unspecified atom stereocenters. The number of nitrogens with zero attached hydrogens (tertiary/aromatic N) is 2. The van der Waals surface area contributed by atoms with Gasteiger partial charge in [0.2, 0.25) is 0 Å². The molecule has 90 valence electrons. The van der Waals surface area contributed by atoms with E-state index in [4.69, 9.17) is 5.73 Å². The van der Waals surface area contributed by atoms with E-state index in [9.17, 15) is 9.50 Å². The molecule has 0 fully saturated rings. The Balaban J connectivity index is 2.79. The van der Waals surface area contributed by atoms with Crippen molar-refractivity contribution in [3.63, 3.8) is 0 Å². The molecule has 0 amide bonds. The predicted molar refractivity (Wildman–Crippen MR) is 67.1 cm³/mol. The van der Waals surface area contributed by atoms with E-state index < -0.39 is 11.6 Å². The Hall–Kier alpha value is -1.56. The van der Waals surface area contributed by atoms with Crippen LogP contribution in [0.5, 0.6) is 5.75 Å². The molecule has 0 spiro atoms. The molecule has 0 aliphatic heterocycles. The van der Waals surface area contributed by atoms with Crippen molar-refractivity contribution in [1.82, 2.24) is 9.78 Å². The van der Waals surface area contributed by atoms with Gasteiger partial charge < -0.3 is 10.8 Å². The number of aryl methyl sites for hydroxylation is 1. The molecule has 1 aromatic carbocycles. The van der Waals surface area contributed by atoms with Crippen molar-refractivity contribution in [2.75, 3.05) is 5.73 Å². The summed E-state index contributed by atoms with van der Waals surface area (Å²) in [6.45, 7) is 1.77. The molecular weight excluding hydrogens is 289 g/mol. The second-order valence-electron chi connectivity index (χ2n) is 3.76. The normalized spacial score (nSPS) is 10.8. The summed E-state index contributed by atoms with van der Waals surface area (Å²) in [6, 6.07) is 1.22. The van der Waals surface area contributed by atoms with E-state index in [0.29, 0.717) is 27.0 Å². The van der Waals surface area contributed by atoms with Crippen LogP contribution in [0, 0.1) is 12.7 Å². The number of hydrogen-bond acceptors (Lipinski definition) is 3. The summed E-state index contributed by atoms with van der Waals surface area (Å²) in [5.74, 6) is -0.730. The van der Waals surface area contributed by atoms with Gasteiger partial charge in [0.1, 0.15) is 5.82 Å². The summed E-state index contributed by atoms with van der Waals surface area (Å²) in [6.07, 6.45) is 1.50. The van der Waals surface area contributed by atoms with Gasteiger partial charge in [0.05, 0.1) is 6.20 Å². The molecular formula is C11H11BrFN3O. The lowest BCUT2D eigenvalue weighted by Crippen LogP contribution is -1.99. The standard InChI is InChI=1S/C11H11BrFN3O/c1-5-7(12)3-8(13)10(17)9(5)6-4-15-16(2)11(6)14/h3-4,17H,14H2,1-2H3. The Labute approximate surface area is 106 Å². The van der Waals surface area contributed by atoms with Crippen molar-refractivity contribution < 1.29 is 9.50 Å². The first-order valence-electron chi connectivity index (χ1n) is 4.89. The smallest absolute Gasteiger partial charge is 0.166 e. The average molecular weight is 300 g/mol. The largest absolute Gasteiger partial charge is 0.504 e. The van der Waals surface area contributed by atoms with Crippen LogP contribution >= 0.6 is 15.9 Å². The summed E-state index contributed by atoms with van der Waals surface area (Å²) in [5.41, 5.74) is 7.42. The van der Waals surface area contributed by atoms with Crippen molar-refractivity contribution in [2.24, 2.45) is 7.05 Å². The van der Waals surface area contributed by atoms with Gasteiger partial charge in [0, 0.05) is 22.6 Å². The van der Waals surface area contributed by atoms with Gasteiger partial charge in [0.25, 0.3) is 0 Å². The van der Waals surface area contributed by atoms with Crippen LogP contribution in [0.15, 0.2) is 16.7 Å². The second-order valence-corrected chi connectivity index (χ2v) is 4.61. The number of benzene rings is 1. The van der Waals surface area contributed by atoms with E-state index in [-0.39, 0.29) is 0 Å². The van der Waals surface area contributed by atoms with Gasteiger partial charge in [-0.15, -0.1) is 0 Å². The molecule has 0 saturated heterocycles. The lowest BCUT2D eigenvalue weighted by atomic mass is 10.0. The van der Waals surface area contributed by atoms with Crippen LogP contribution in [0.2, 0.25) is 0 Å². The Morgan fingerprint density at radius 2 is 2.18 bits per heavy atom. The first-order valence-corrected chi connectivity index (χ1v) is 5.68. The maximum atomic E-state index is 13.5. The maximum Gasteiger partial charge on any atom is 0.166 e. The third kappa shape index (κ3) is 1.78. The van der Waals surface area contributed by atoms with Gasteiger partial charge in [-0.05, 0) is 18.6 Å². The number of anilines is 1. The number of aromatic nitrogens is 2. The number of phenolic OH excluding ortho intramolecular Hbond substituents is 1. The van der Waals surface area contributed by atoms with Crippen molar-refractivity contribution >= 4 is 21.7 Å². The fraction of sp³-hybridized carbons (Fsp3) is 0.182. The summed E-state index contributed by atoms with van der Waals surface area (Å²) in [5, 5.41) is 13.8. The Kier molecular flexibility index (Phi) is 2.82. The van der Waals surface area contributed by atoms with E-state index in [1.54, 1.807) is 14.0 Å². The Morgan fingerprint density at radius 1 is 1.53 bits per heavy atom. The van der Waals surface area contributed by atoms with E-state index in [1.807, 2.05) is 0 Å². The highest BCUT2D eigenvalue weighted by Gasteiger charge is 2.19. The van der Waals surface area contributed by atoms with Crippen LogP contribution in [0.4, 0.5) is 10.2 Å². The van der Waals surface area contributed by atoms with E-state index >= 15 is 0 Å². The van der Waals surface area contributed by atoms with Crippen LogP contribution in [0.25, 0.3) is 11.1 Å². The molecule has 0 bridgehead atoms. The zero-order valence-electron chi connectivity index (χ0n) is 9.33. The first kappa shape index (κ1) is 11.9. The minimum Gasteiger partial charge on any atom is -0.504 e. The molecule has 6 heteroatoms. The van der Waals surface area contributed by atoms with Crippen molar-refractivity contribution in [1.29, 1.82) is 0 Å². The molecule has 0 aliphatic carbocycles. The van der Waals surface area contributed by atoms with E-state index in [2.05, 4.69) is 21.0 Å². The summed E-state index contributed by atoms with van der Waals surface area (Å²) < 4.78 is 15.5. The molecule has 4 nitrogen and oxygen atoms in total. The fourth-order valence-electron chi connectivity index (χ4n) is 1.67. The minimum absolute atomic E-state index is 0.363. The SMILES string of the molecule is Cc1c(Br)cc(F)c(O)c1-c1cnn(C)c1N. The van der Waals surface area contributed by atoms with Crippen LogP contribution in [0.1, 0.15) is 5.56 Å². The van der Waals surface area contributed by atoms with Gasteiger partial charge in [-0.2, -0.15) is 5.10 Å². The van der Waals surface area contributed by atoms with Crippen molar-refractivity contribution in [3.8, 4) is 16.9 Å². The number of hydrogen-bond donors (Lipinski definition) is 2. The highest BCUT2D eigenvalue weighted by atomic mass is 79.9. The van der Waals surface area contributed by atoms with Crippen LogP contribution in [-0.4, -0.2) is 14.9 Å². The maximum absolute atomic E-state index is 13.5. The highest BCUT2D eigenvalue weighted by molar-refractivity contribution is 9.10. The summed E-state index contributed by atoms with van der Waals surface area (Å²) in [4.78, 5) is 0. The van der Waals surface area contributed by atoms with Gasteiger partial charge in [-0.1, -0.05) is 15.9 Å². The fourth-order valence-corrected chi connectivity index (χ4v) is 2.07. The highest BCUT2D eigenvalue weighted by Crippen LogP contribution is 2.40. The van der Waals surface area contributed by atoms with Crippen LogP contribution in [-0.2, 0) is 7.05 Å². The quantitative estimate of drug-likeness (QED) is 0.851. The second kappa shape index (κ2) is 4.03. The molecule has 3 N–H and O–H groups in total. The van der Waals surface area contributed by atoms with Crippen LogP contribution in [0.3, 0.4) is 0 Å². The first-order chi connectivity index (χ1) is 7.93. The summed E-state index contributed by atoms with van der Waals surface area (Å²) >= 11 is 3.24. The molecule has 0 atom stereocenters. The van der Waals surface area contributed by atoms with Gasteiger partial charge in [0.15, 0.2) is 11.6 Å². The number of phenols is 1. The van der Waals surface area contributed by atoms with E-state index in [1.165, 1.54) is 16.9 Å².